The van der Waals surface area contributed by atoms with E-state index in [1.807, 2.05) is 0 Å². The highest BCUT2D eigenvalue weighted by Gasteiger charge is 2.31. The first kappa shape index (κ1) is 12.0. The predicted octanol–water partition coefficient (Wildman–Crippen LogP) is 2.71. The Bertz CT molecular complexity index is 150. The van der Waals surface area contributed by atoms with Crippen molar-refractivity contribution in [3.05, 3.63) is 0 Å². The van der Waals surface area contributed by atoms with Crippen LogP contribution in [0.15, 0.2) is 0 Å². The van der Waals surface area contributed by atoms with E-state index < -0.39 is 0 Å². The highest BCUT2D eigenvalue weighted by Crippen LogP contribution is 2.32. The molecule has 1 aliphatic carbocycles. The van der Waals surface area contributed by atoms with Crippen LogP contribution < -0.4 is 5.73 Å². The third-order valence-corrected chi connectivity index (χ3v) is 3.77. The van der Waals surface area contributed by atoms with Crippen LogP contribution in [0.4, 0.5) is 0 Å². The van der Waals surface area contributed by atoms with E-state index in [-0.39, 0.29) is 5.54 Å². The Morgan fingerprint density at radius 2 is 1.79 bits per heavy atom. The average Bonchev–Trinajstić information content (AvgIpc) is 2.40. The van der Waals surface area contributed by atoms with Crippen LogP contribution in [-0.2, 0) is 4.74 Å². The van der Waals surface area contributed by atoms with Gasteiger partial charge in [-0.05, 0) is 25.2 Å². The molecule has 1 atom stereocenters. The lowest BCUT2D eigenvalue weighted by molar-refractivity contribution is 0.148. The fourth-order valence-electron chi connectivity index (χ4n) is 2.46. The molecule has 1 saturated carbocycles. The van der Waals surface area contributed by atoms with Crippen LogP contribution in [0.3, 0.4) is 0 Å². The van der Waals surface area contributed by atoms with Crippen LogP contribution in [0.2, 0.25) is 0 Å². The van der Waals surface area contributed by atoms with Crippen LogP contribution in [-0.4, -0.2) is 19.3 Å². The minimum atomic E-state index is 0.0923. The molecule has 0 aromatic heterocycles. The zero-order chi connectivity index (χ0) is 10.4. The van der Waals surface area contributed by atoms with Crippen molar-refractivity contribution in [1.29, 1.82) is 0 Å². The Hall–Kier alpha value is -0.0800. The molecule has 0 spiro atoms. The molecular weight excluding hydrogens is 174 g/mol. The highest BCUT2D eigenvalue weighted by molar-refractivity contribution is 4.90. The molecule has 0 heterocycles. The molecule has 1 unspecified atom stereocenters. The molecule has 1 fully saturated rings. The van der Waals surface area contributed by atoms with Gasteiger partial charge in [0.2, 0.25) is 0 Å². The zero-order valence-corrected chi connectivity index (χ0v) is 9.72. The molecule has 2 nitrogen and oxygen atoms in total. The molecule has 2 N–H and O–H groups in total. The van der Waals surface area contributed by atoms with Gasteiger partial charge >= 0.3 is 0 Å². The number of hydrogen-bond acceptors (Lipinski definition) is 2. The molecule has 0 aliphatic heterocycles. The van der Waals surface area contributed by atoms with Gasteiger partial charge in [0.25, 0.3) is 0 Å². The van der Waals surface area contributed by atoms with Gasteiger partial charge in [-0.2, -0.15) is 0 Å². The third-order valence-electron chi connectivity index (χ3n) is 3.77. The monoisotopic (exact) mass is 199 g/mol. The maximum Gasteiger partial charge on any atom is 0.0465 e. The van der Waals surface area contributed by atoms with Gasteiger partial charge in [-0.1, -0.05) is 32.6 Å². The molecule has 0 aromatic rings. The Morgan fingerprint density at radius 1 is 1.21 bits per heavy atom. The highest BCUT2D eigenvalue weighted by atomic mass is 16.5. The first-order valence-corrected chi connectivity index (χ1v) is 5.97. The molecular formula is C12H25NO. The van der Waals surface area contributed by atoms with E-state index in [4.69, 9.17) is 10.5 Å². The van der Waals surface area contributed by atoms with Gasteiger partial charge < -0.3 is 10.5 Å². The Morgan fingerprint density at radius 3 is 2.29 bits per heavy atom. The van der Waals surface area contributed by atoms with Crippen molar-refractivity contribution < 1.29 is 4.74 Å². The van der Waals surface area contributed by atoms with E-state index in [9.17, 15) is 0 Å². The normalized spacial score (nSPS) is 24.2. The van der Waals surface area contributed by atoms with Crippen molar-refractivity contribution in [3.63, 3.8) is 0 Å². The Kier molecular flexibility index (Phi) is 4.90. The first-order chi connectivity index (χ1) is 6.69. The van der Waals surface area contributed by atoms with E-state index in [0.29, 0.717) is 5.92 Å². The van der Waals surface area contributed by atoms with Gasteiger partial charge in [0.1, 0.15) is 0 Å². The molecule has 0 amide bonds. The second-order valence-electron chi connectivity index (χ2n) is 4.83. The smallest absolute Gasteiger partial charge is 0.0465 e. The lowest BCUT2D eigenvalue weighted by Gasteiger charge is -2.34. The summed E-state index contributed by atoms with van der Waals surface area (Å²) in [6, 6.07) is 0. The minimum Gasteiger partial charge on any atom is -0.385 e. The number of rotatable bonds is 4. The van der Waals surface area contributed by atoms with Gasteiger partial charge in [0, 0.05) is 19.3 Å². The van der Waals surface area contributed by atoms with E-state index in [0.717, 1.165) is 13.0 Å². The molecule has 0 saturated heterocycles. The number of nitrogens with two attached hydrogens (primary N) is 1. The van der Waals surface area contributed by atoms with Crippen molar-refractivity contribution in [2.45, 2.75) is 57.4 Å². The number of ether oxygens (including phenoxy) is 1. The quantitative estimate of drug-likeness (QED) is 0.707. The van der Waals surface area contributed by atoms with Crippen LogP contribution in [0.1, 0.15) is 51.9 Å². The molecule has 14 heavy (non-hydrogen) atoms. The maximum atomic E-state index is 6.49. The summed E-state index contributed by atoms with van der Waals surface area (Å²) in [7, 11) is 1.77. The van der Waals surface area contributed by atoms with Crippen molar-refractivity contribution in [1.82, 2.24) is 0 Å². The van der Waals surface area contributed by atoms with E-state index in [2.05, 4.69) is 6.92 Å². The van der Waals surface area contributed by atoms with Gasteiger partial charge in [0.05, 0.1) is 0 Å². The summed E-state index contributed by atoms with van der Waals surface area (Å²) in [5.41, 5.74) is 6.58. The van der Waals surface area contributed by atoms with Crippen molar-refractivity contribution in [2.24, 2.45) is 11.7 Å². The second-order valence-corrected chi connectivity index (χ2v) is 4.83. The molecule has 0 bridgehead atoms. The fraction of sp³-hybridized carbons (Fsp3) is 1.00. The minimum absolute atomic E-state index is 0.0923. The lowest BCUT2D eigenvalue weighted by atomic mass is 9.78. The summed E-state index contributed by atoms with van der Waals surface area (Å²) in [5.74, 6) is 0.598. The molecule has 1 aliphatic rings. The second kappa shape index (κ2) is 5.72. The largest absolute Gasteiger partial charge is 0.385 e. The van der Waals surface area contributed by atoms with Crippen LogP contribution in [0.5, 0.6) is 0 Å². The van der Waals surface area contributed by atoms with E-state index >= 15 is 0 Å². The fourth-order valence-corrected chi connectivity index (χ4v) is 2.46. The van der Waals surface area contributed by atoms with E-state index in [1.54, 1.807) is 7.11 Å². The van der Waals surface area contributed by atoms with Gasteiger partial charge in [-0.3, -0.25) is 0 Å². The summed E-state index contributed by atoms with van der Waals surface area (Å²) in [4.78, 5) is 0. The summed E-state index contributed by atoms with van der Waals surface area (Å²) >= 11 is 0. The molecule has 2 heteroatoms. The number of methoxy groups -OCH3 is 1. The predicted molar refractivity (Wildman–Crippen MR) is 60.3 cm³/mol. The van der Waals surface area contributed by atoms with Crippen molar-refractivity contribution >= 4 is 0 Å². The van der Waals surface area contributed by atoms with E-state index in [1.165, 1.54) is 38.5 Å². The zero-order valence-electron chi connectivity index (χ0n) is 9.72. The van der Waals surface area contributed by atoms with Crippen LogP contribution in [0.25, 0.3) is 0 Å². The number of hydrogen-bond donors (Lipinski definition) is 1. The average molecular weight is 199 g/mol. The molecule has 1 rings (SSSR count). The summed E-state index contributed by atoms with van der Waals surface area (Å²) < 4.78 is 5.12. The van der Waals surface area contributed by atoms with Crippen LogP contribution >= 0.6 is 0 Å². The Balaban J connectivity index is 2.43. The molecule has 84 valence electrons. The van der Waals surface area contributed by atoms with Crippen LogP contribution in [0, 0.1) is 5.92 Å². The summed E-state index contributed by atoms with van der Waals surface area (Å²) in [6.07, 6.45) is 8.89. The van der Waals surface area contributed by atoms with Gasteiger partial charge in [-0.25, -0.2) is 0 Å². The standard InChI is InChI=1S/C12H25NO/c1-11(7-10-14-2)12(13)8-5-3-4-6-9-12/h11H,3-10,13H2,1-2H3. The van der Waals surface area contributed by atoms with Gasteiger partial charge in [-0.15, -0.1) is 0 Å². The topological polar surface area (TPSA) is 35.2 Å². The molecule has 0 radical (unpaired) electrons. The van der Waals surface area contributed by atoms with Crippen molar-refractivity contribution in [3.8, 4) is 0 Å². The first-order valence-electron chi connectivity index (χ1n) is 5.97. The van der Waals surface area contributed by atoms with Gasteiger partial charge in [0.15, 0.2) is 0 Å². The lowest BCUT2D eigenvalue weighted by Crippen LogP contribution is -2.45. The van der Waals surface area contributed by atoms with Crippen molar-refractivity contribution in [2.75, 3.05) is 13.7 Å². The maximum absolute atomic E-state index is 6.49. The third kappa shape index (κ3) is 3.25. The SMILES string of the molecule is COCCC(C)C1(N)CCCCCC1. The molecule has 0 aromatic carbocycles. The summed E-state index contributed by atoms with van der Waals surface area (Å²) in [5, 5.41) is 0. The summed E-state index contributed by atoms with van der Waals surface area (Å²) in [6.45, 7) is 3.13. The Labute approximate surface area is 88.2 Å².